The molecule has 0 bridgehead atoms. The number of nitrogens with zero attached hydrogens (tertiary/aromatic N) is 1. The summed E-state index contributed by atoms with van der Waals surface area (Å²) in [6.07, 6.45) is 13.4. The number of ether oxygens (including phenoxy) is 2. The van der Waals surface area contributed by atoms with E-state index in [4.69, 9.17) is 26.1 Å². The molecule has 0 unspecified atom stereocenters. The SMILES string of the molecule is CN(C)C(=S)OC[C@@H]1O[C@]12CC[C@H]1[C@@H]3CC=C4C[C@@H](O[Si](C)(C)C(C)(C)C)CC[C@]4(C)[C@H]3CC[C@@]12C. The Morgan fingerprint density at radius 1 is 1.11 bits per heavy atom. The summed E-state index contributed by atoms with van der Waals surface area (Å²) in [7, 11) is 2.15. The molecule has 8 atom stereocenters. The summed E-state index contributed by atoms with van der Waals surface area (Å²) in [4.78, 5) is 1.87. The van der Waals surface area contributed by atoms with Gasteiger partial charge in [-0.1, -0.05) is 46.3 Å². The molecule has 4 nitrogen and oxygen atoms in total. The Labute approximate surface area is 227 Å². The molecule has 0 aromatic carbocycles. The summed E-state index contributed by atoms with van der Waals surface area (Å²) < 4.78 is 19.4. The Morgan fingerprint density at radius 2 is 1.81 bits per heavy atom. The van der Waals surface area contributed by atoms with Gasteiger partial charge in [0.25, 0.3) is 5.17 Å². The normalized spacial score (nSPS) is 43.8. The summed E-state index contributed by atoms with van der Waals surface area (Å²) in [5.41, 5.74) is 2.37. The third kappa shape index (κ3) is 4.07. The Morgan fingerprint density at radius 3 is 2.47 bits per heavy atom. The van der Waals surface area contributed by atoms with Gasteiger partial charge in [-0.15, -0.1) is 0 Å². The van der Waals surface area contributed by atoms with E-state index in [1.807, 2.05) is 19.0 Å². The van der Waals surface area contributed by atoms with Crippen molar-refractivity contribution < 1.29 is 13.9 Å². The highest BCUT2D eigenvalue weighted by Gasteiger charge is 2.74. The van der Waals surface area contributed by atoms with Crippen LogP contribution < -0.4 is 0 Å². The Hall–Kier alpha value is -0.433. The van der Waals surface area contributed by atoms with Gasteiger partial charge in [-0.25, -0.2) is 0 Å². The van der Waals surface area contributed by atoms with Crippen LogP contribution in [0.25, 0.3) is 0 Å². The van der Waals surface area contributed by atoms with E-state index in [-0.39, 0.29) is 22.2 Å². The smallest absolute Gasteiger partial charge is 0.258 e. The average molecular weight is 534 g/mol. The van der Waals surface area contributed by atoms with Gasteiger partial charge in [0.2, 0.25) is 0 Å². The average Bonchev–Trinajstić information content (AvgIpc) is 3.42. The number of allylic oxidation sites excluding steroid dienone is 1. The van der Waals surface area contributed by atoms with Crippen LogP contribution in [-0.2, 0) is 13.9 Å². The maximum Gasteiger partial charge on any atom is 0.258 e. The molecule has 5 aliphatic rings. The van der Waals surface area contributed by atoms with Crippen LogP contribution in [0.2, 0.25) is 18.1 Å². The second-order valence-corrected chi connectivity index (χ2v) is 20.1. The lowest BCUT2D eigenvalue weighted by Gasteiger charge is -2.58. The predicted molar refractivity (Wildman–Crippen MR) is 154 cm³/mol. The van der Waals surface area contributed by atoms with Crippen LogP contribution >= 0.6 is 12.2 Å². The molecule has 3 saturated carbocycles. The van der Waals surface area contributed by atoms with Crippen molar-refractivity contribution in [2.75, 3.05) is 20.7 Å². The van der Waals surface area contributed by atoms with E-state index >= 15 is 0 Å². The lowest BCUT2D eigenvalue weighted by molar-refractivity contribution is -0.0550. The van der Waals surface area contributed by atoms with E-state index in [0.29, 0.717) is 23.3 Å². The van der Waals surface area contributed by atoms with Gasteiger partial charge in [-0.2, -0.15) is 0 Å². The summed E-state index contributed by atoms with van der Waals surface area (Å²) in [5.74, 6) is 2.37. The first-order chi connectivity index (χ1) is 16.6. The van der Waals surface area contributed by atoms with Gasteiger partial charge in [-0.3, -0.25) is 0 Å². The minimum absolute atomic E-state index is 0.0180. The van der Waals surface area contributed by atoms with E-state index in [1.165, 1.54) is 44.9 Å². The van der Waals surface area contributed by atoms with Gasteiger partial charge in [0.15, 0.2) is 8.32 Å². The molecule has 0 aromatic rings. The number of thiocarbonyl (C=S) groups is 1. The number of epoxide rings is 1. The minimum Gasteiger partial charge on any atom is -0.468 e. The summed E-state index contributed by atoms with van der Waals surface area (Å²) in [6.45, 7) is 17.7. The van der Waals surface area contributed by atoms with E-state index in [9.17, 15) is 0 Å². The van der Waals surface area contributed by atoms with Gasteiger partial charge in [0, 0.05) is 25.6 Å². The first-order valence-electron chi connectivity index (χ1n) is 14.5. The molecule has 1 aliphatic heterocycles. The molecule has 36 heavy (non-hydrogen) atoms. The molecule has 5 rings (SSSR count). The van der Waals surface area contributed by atoms with Crippen molar-refractivity contribution in [1.29, 1.82) is 0 Å². The highest BCUT2D eigenvalue weighted by molar-refractivity contribution is 7.80. The molecule has 204 valence electrons. The van der Waals surface area contributed by atoms with Gasteiger partial charge < -0.3 is 18.8 Å². The Balaban J connectivity index is 1.28. The highest BCUT2D eigenvalue weighted by atomic mass is 32.1. The number of hydrogen-bond donors (Lipinski definition) is 0. The molecule has 0 amide bonds. The van der Waals surface area contributed by atoms with Crippen LogP contribution in [0.1, 0.15) is 86.0 Å². The molecule has 0 N–H and O–H groups in total. The lowest BCUT2D eigenvalue weighted by atomic mass is 9.47. The first-order valence-corrected chi connectivity index (χ1v) is 17.9. The molecule has 4 fully saturated rings. The van der Waals surface area contributed by atoms with E-state index < -0.39 is 8.32 Å². The van der Waals surface area contributed by atoms with Crippen molar-refractivity contribution >= 4 is 25.7 Å². The topological polar surface area (TPSA) is 34.2 Å². The lowest BCUT2D eigenvalue weighted by Crippen LogP contribution is -2.53. The van der Waals surface area contributed by atoms with Gasteiger partial charge in [0.1, 0.15) is 18.3 Å². The molecule has 1 spiro atoms. The van der Waals surface area contributed by atoms with Crippen LogP contribution in [0, 0.1) is 28.6 Å². The number of fused-ring (bicyclic) bond motifs is 6. The van der Waals surface area contributed by atoms with Gasteiger partial charge in [-0.05, 0) is 105 Å². The fourth-order valence-corrected chi connectivity index (χ4v) is 10.2. The summed E-state index contributed by atoms with van der Waals surface area (Å²) in [5, 5.41) is 0.840. The van der Waals surface area contributed by atoms with Crippen molar-refractivity contribution in [3.05, 3.63) is 11.6 Å². The summed E-state index contributed by atoms with van der Waals surface area (Å²) in [6, 6.07) is 0. The van der Waals surface area contributed by atoms with Crippen LogP contribution in [-0.4, -0.2) is 56.9 Å². The molecule has 0 radical (unpaired) electrons. The Bertz CT molecular complexity index is 928. The van der Waals surface area contributed by atoms with Crippen LogP contribution in [0.15, 0.2) is 11.6 Å². The zero-order valence-corrected chi connectivity index (χ0v) is 26.2. The molecule has 1 heterocycles. The first kappa shape index (κ1) is 27.1. The largest absolute Gasteiger partial charge is 0.468 e. The third-order valence-electron chi connectivity index (χ3n) is 12.0. The maximum atomic E-state index is 6.92. The molecule has 6 heteroatoms. The van der Waals surface area contributed by atoms with Gasteiger partial charge >= 0.3 is 0 Å². The van der Waals surface area contributed by atoms with Crippen molar-refractivity contribution in [3.63, 3.8) is 0 Å². The summed E-state index contributed by atoms with van der Waals surface area (Å²) >= 11 is 5.36. The quantitative estimate of drug-likeness (QED) is 0.163. The van der Waals surface area contributed by atoms with Crippen molar-refractivity contribution in [2.45, 2.75) is 122 Å². The molecular weight excluding hydrogens is 482 g/mol. The fourth-order valence-electron chi connectivity index (χ4n) is 8.74. The number of rotatable bonds is 4. The van der Waals surface area contributed by atoms with Crippen LogP contribution in [0.4, 0.5) is 0 Å². The van der Waals surface area contributed by atoms with E-state index in [0.717, 1.165) is 24.2 Å². The second kappa shape index (κ2) is 8.79. The Kier molecular flexibility index (Phi) is 6.63. The zero-order chi connectivity index (χ0) is 26.3. The molecule has 4 aliphatic carbocycles. The van der Waals surface area contributed by atoms with Crippen molar-refractivity contribution in [3.8, 4) is 0 Å². The monoisotopic (exact) mass is 533 g/mol. The standard InChI is InChI=1S/C30H51NO3SSi/c1-27(2,3)36(8,9)34-21-12-15-28(4)20(18-21)10-11-22-23(28)13-16-29(5)24(22)14-17-30(29)25(33-30)19-32-26(35)31(6)7/h10,21-25H,11-19H2,1-9H3/t21-,22+,23-,24-,25-,28-,29-,30+/m0/s1. The molecule has 1 saturated heterocycles. The number of hydrogen-bond acceptors (Lipinski definition) is 4. The zero-order valence-electron chi connectivity index (χ0n) is 24.4. The highest BCUT2D eigenvalue weighted by Crippen LogP contribution is 2.72. The van der Waals surface area contributed by atoms with E-state index in [1.54, 1.807) is 5.57 Å². The van der Waals surface area contributed by atoms with Crippen molar-refractivity contribution in [2.24, 2.45) is 28.6 Å². The maximum absolute atomic E-state index is 6.92. The minimum atomic E-state index is -1.73. The third-order valence-corrected chi connectivity index (χ3v) is 17.1. The molecular formula is C30H51NO3SSi. The predicted octanol–water partition coefficient (Wildman–Crippen LogP) is 7.34. The van der Waals surface area contributed by atoms with Gasteiger partial charge in [0.05, 0.1) is 0 Å². The van der Waals surface area contributed by atoms with E-state index in [2.05, 4.69) is 53.8 Å². The van der Waals surface area contributed by atoms with Crippen molar-refractivity contribution in [1.82, 2.24) is 4.90 Å². The second-order valence-electron chi connectivity index (χ2n) is 15.0. The molecule has 0 aromatic heterocycles. The fraction of sp³-hybridized carbons (Fsp3) is 0.900. The van der Waals surface area contributed by atoms with Crippen LogP contribution in [0.5, 0.6) is 0 Å². The van der Waals surface area contributed by atoms with Crippen LogP contribution in [0.3, 0.4) is 0 Å².